The van der Waals surface area contributed by atoms with Crippen molar-refractivity contribution in [2.45, 2.75) is 13.5 Å². The van der Waals surface area contributed by atoms with Crippen molar-refractivity contribution >= 4 is 5.69 Å². The lowest BCUT2D eigenvalue weighted by atomic mass is 10.1. The molecule has 0 amide bonds. The van der Waals surface area contributed by atoms with Gasteiger partial charge in [0.2, 0.25) is 0 Å². The predicted molar refractivity (Wildman–Crippen MR) is 85.2 cm³/mol. The molecule has 0 aliphatic carbocycles. The molecule has 7 nitrogen and oxygen atoms in total. The van der Waals surface area contributed by atoms with Gasteiger partial charge in [-0.1, -0.05) is 12.1 Å². The van der Waals surface area contributed by atoms with Crippen molar-refractivity contribution in [2.75, 3.05) is 0 Å². The Labute approximate surface area is 131 Å². The summed E-state index contributed by atoms with van der Waals surface area (Å²) in [6.45, 7) is 2.23. The fourth-order valence-electron chi connectivity index (χ4n) is 2.38. The number of benzene rings is 1. The molecule has 116 valence electrons. The first-order valence-corrected chi connectivity index (χ1v) is 6.99. The molecule has 3 rings (SSSR count). The largest absolute Gasteiger partial charge is 0.348 e. The van der Waals surface area contributed by atoms with Crippen LogP contribution in [0.25, 0.3) is 11.1 Å². The molecule has 2 heterocycles. The van der Waals surface area contributed by atoms with E-state index in [4.69, 9.17) is 0 Å². The SMILES string of the molecule is Cc1[nH]cnc1Cn1cccc(-c2cccc([N+](=O)[O-])c2)c1=O. The minimum Gasteiger partial charge on any atom is -0.348 e. The fraction of sp³-hybridized carbons (Fsp3) is 0.125. The Morgan fingerprint density at radius 3 is 2.83 bits per heavy atom. The van der Waals surface area contributed by atoms with Crippen LogP contribution in [0.1, 0.15) is 11.4 Å². The number of H-pyrrole nitrogens is 1. The molecule has 0 radical (unpaired) electrons. The normalized spacial score (nSPS) is 10.7. The molecule has 0 fully saturated rings. The summed E-state index contributed by atoms with van der Waals surface area (Å²) in [6.07, 6.45) is 3.26. The number of nitrogens with zero attached hydrogens (tertiary/aromatic N) is 3. The number of aromatic nitrogens is 3. The minimum absolute atomic E-state index is 0.0413. The van der Waals surface area contributed by atoms with Gasteiger partial charge in [0.05, 0.1) is 23.5 Å². The molecular weight excluding hydrogens is 296 g/mol. The van der Waals surface area contributed by atoms with Crippen molar-refractivity contribution in [2.24, 2.45) is 0 Å². The molecule has 0 aliphatic rings. The third-order valence-electron chi connectivity index (χ3n) is 3.64. The number of hydrogen-bond acceptors (Lipinski definition) is 4. The summed E-state index contributed by atoms with van der Waals surface area (Å²) in [5.41, 5.74) is 2.37. The quantitative estimate of drug-likeness (QED) is 0.591. The molecule has 3 aromatic rings. The van der Waals surface area contributed by atoms with Gasteiger partial charge in [-0.15, -0.1) is 0 Å². The van der Waals surface area contributed by atoms with Crippen molar-refractivity contribution in [3.8, 4) is 11.1 Å². The second-order valence-electron chi connectivity index (χ2n) is 5.14. The Morgan fingerprint density at radius 1 is 1.30 bits per heavy atom. The number of rotatable bonds is 4. The number of aromatic amines is 1. The van der Waals surface area contributed by atoms with Crippen LogP contribution in [0, 0.1) is 17.0 Å². The molecule has 0 saturated heterocycles. The first kappa shape index (κ1) is 14.7. The Morgan fingerprint density at radius 2 is 2.13 bits per heavy atom. The van der Waals surface area contributed by atoms with E-state index in [-0.39, 0.29) is 11.2 Å². The number of pyridine rings is 1. The van der Waals surface area contributed by atoms with Crippen molar-refractivity contribution in [1.29, 1.82) is 0 Å². The van der Waals surface area contributed by atoms with Crippen LogP contribution in [0.2, 0.25) is 0 Å². The zero-order valence-electron chi connectivity index (χ0n) is 12.4. The van der Waals surface area contributed by atoms with Crippen LogP contribution in [0.15, 0.2) is 53.7 Å². The van der Waals surface area contributed by atoms with Crippen molar-refractivity contribution in [1.82, 2.24) is 14.5 Å². The van der Waals surface area contributed by atoms with Crippen LogP contribution in [0.4, 0.5) is 5.69 Å². The van der Waals surface area contributed by atoms with Crippen molar-refractivity contribution in [3.63, 3.8) is 0 Å². The summed E-state index contributed by atoms with van der Waals surface area (Å²) >= 11 is 0. The second kappa shape index (κ2) is 5.88. The van der Waals surface area contributed by atoms with Gasteiger partial charge in [0.1, 0.15) is 0 Å². The molecule has 0 unspecified atom stereocenters. The number of non-ortho nitro benzene ring substituents is 1. The predicted octanol–water partition coefficient (Wildman–Crippen LogP) is 2.50. The lowest BCUT2D eigenvalue weighted by Crippen LogP contribution is -2.21. The van der Waals surface area contributed by atoms with Gasteiger partial charge in [-0.05, 0) is 24.6 Å². The maximum Gasteiger partial charge on any atom is 0.270 e. The van der Waals surface area contributed by atoms with Crippen LogP contribution in [-0.2, 0) is 6.54 Å². The number of imidazole rings is 1. The van der Waals surface area contributed by atoms with E-state index < -0.39 is 4.92 Å². The lowest BCUT2D eigenvalue weighted by Gasteiger charge is -2.07. The zero-order valence-corrected chi connectivity index (χ0v) is 12.4. The number of hydrogen-bond donors (Lipinski definition) is 1. The Kier molecular flexibility index (Phi) is 3.76. The van der Waals surface area contributed by atoms with E-state index >= 15 is 0 Å². The molecule has 2 aromatic heterocycles. The molecule has 0 saturated carbocycles. The van der Waals surface area contributed by atoms with Gasteiger partial charge in [-0.2, -0.15) is 0 Å². The van der Waals surface area contributed by atoms with Gasteiger partial charge in [0, 0.05) is 29.6 Å². The average Bonchev–Trinajstić information content (AvgIpc) is 2.94. The van der Waals surface area contributed by atoms with Crippen LogP contribution < -0.4 is 5.56 Å². The van der Waals surface area contributed by atoms with E-state index in [0.717, 1.165) is 11.4 Å². The first-order chi connectivity index (χ1) is 11.1. The molecule has 1 aromatic carbocycles. The lowest BCUT2D eigenvalue weighted by molar-refractivity contribution is -0.384. The first-order valence-electron chi connectivity index (χ1n) is 6.99. The van der Waals surface area contributed by atoms with E-state index in [1.54, 1.807) is 36.8 Å². The van der Waals surface area contributed by atoms with E-state index in [9.17, 15) is 14.9 Å². The minimum atomic E-state index is -0.474. The van der Waals surface area contributed by atoms with E-state index in [1.807, 2.05) is 6.92 Å². The van der Waals surface area contributed by atoms with Crippen LogP contribution in [0.5, 0.6) is 0 Å². The highest BCUT2D eigenvalue weighted by Gasteiger charge is 2.12. The number of nitro groups is 1. The van der Waals surface area contributed by atoms with Crippen LogP contribution >= 0.6 is 0 Å². The smallest absolute Gasteiger partial charge is 0.270 e. The van der Waals surface area contributed by atoms with E-state index in [0.29, 0.717) is 17.7 Å². The van der Waals surface area contributed by atoms with Crippen LogP contribution in [0.3, 0.4) is 0 Å². The standard InChI is InChI=1S/C16H14N4O3/c1-11-15(18-10-17-11)9-19-7-3-6-14(16(19)21)12-4-2-5-13(8-12)20(22)23/h2-8,10H,9H2,1H3,(H,17,18). The molecule has 0 aliphatic heterocycles. The Hall–Kier alpha value is -3.22. The summed E-state index contributed by atoms with van der Waals surface area (Å²) < 4.78 is 1.54. The third kappa shape index (κ3) is 2.89. The average molecular weight is 310 g/mol. The summed E-state index contributed by atoms with van der Waals surface area (Å²) in [7, 11) is 0. The highest BCUT2D eigenvalue weighted by Crippen LogP contribution is 2.21. The summed E-state index contributed by atoms with van der Waals surface area (Å²) in [5.74, 6) is 0. The number of nitro benzene ring substituents is 1. The molecule has 0 spiro atoms. The maximum atomic E-state index is 12.6. The van der Waals surface area contributed by atoms with Gasteiger partial charge in [0.15, 0.2) is 0 Å². The Bertz CT molecular complexity index is 927. The van der Waals surface area contributed by atoms with E-state index in [2.05, 4.69) is 9.97 Å². The fourth-order valence-corrected chi connectivity index (χ4v) is 2.38. The van der Waals surface area contributed by atoms with E-state index in [1.165, 1.54) is 16.7 Å². The van der Waals surface area contributed by atoms with Gasteiger partial charge >= 0.3 is 0 Å². The summed E-state index contributed by atoms with van der Waals surface area (Å²) in [5, 5.41) is 10.9. The van der Waals surface area contributed by atoms with Crippen LogP contribution in [-0.4, -0.2) is 19.5 Å². The maximum absolute atomic E-state index is 12.6. The Balaban J connectivity index is 2.03. The van der Waals surface area contributed by atoms with Crippen molar-refractivity contribution < 1.29 is 4.92 Å². The summed E-state index contributed by atoms with van der Waals surface area (Å²) in [4.78, 5) is 30.2. The van der Waals surface area contributed by atoms with Gasteiger partial charge in [-0.25, -0.2) is 4.98 Å². The zero-order chi connectivity index (χ0) is 16.4. The molecular formula is C16H14N4O3. The monoisotopic (exact) mass is 310 g/mol. The topological polar surface area (TPSA) is 93.8 Å². The molecule has 23 heavy (non-hydrogen) atoms. The highest BCUT2D eigenvalue weighted by molar-refractivity contribution is 5.65. The molecule has 1 N–H and O–H groups in total. The molecule has 7 heteroatoms. The summed E-state index contributed by atoms with van der Waals surface area (Å²) in [6, 6.07) is 9.47. The highest BCUT2D eigenvalue weighted by atomic mass is 16.6. The third-order valence-corrected chi connectivity index (χ3v) is 3.64. The molecule has 0 bridgehead atoms. The van der Waals surface area contributed by atoms with Gasteiger partial charge < -0.3 is 9.55 Å². The number of aryl methyl sites for hydroxylation is 1. The molecule has 0 atom stereocenters. The second-order valence-corrected chi connectivity index (χ2v) is 5.14. The number of nitrogens with one attached hydrogen (secondary N) is 1. The van der Waals surface area contributed by atoms with Crippen molar-refractivity contribution in [3.05, 3.63) is 80.8 Å². The van der Waals surface area contributed by atoms with Gasteiger partial charge in [0.25, 0.3) is 11.2 Å². The van der Waals surface area contributed by atoms with Gasteiger partial charge in [-0.3, -0.25) is 14.9 Å².